The second-order valence-electron chi connectivity index (χ2n) is 5.15. The van der Waals surface area contributed by atoms with E-state index in [9.17, 15) is 13.6 Å². The number of carbonyl (C=O) groups is 1. The van der Waals surface area contributed by atoms with Gasteiger partial charge in [-0.1, -0.05) is 30.5 Å². The largest absolute Gasteiger partial charge is 0.345 e. The van der Waals surface area contributed by atoms with Crippen molar-refractivity contribution in [3.63, 3.8) is 0 Å². The first-order valence-electron chi connectivity index (χ1n) is 7.42. The third-order valence-corrected chi connectivity index (χ3v) is 4.74. The molecule has 0 unspecified atom stereocenters. The molecule has 0 radical (unpaired) electrons. The molecule has 3 rings (SSSR count). The van der Waals surface area contributed by atoms with E-state index in [0.717, 1.165) is 18.2 Å². The highest BCUT2D eigenvalue weighted by Gasteiger charge is 2.25. The van der Waals surface area contributed by atoms with Crippen molar-refractivity contribution in [3.05, 3.63) is 52.6 Å². The maximum Gasteiger partial charge on any atom is 0.201 e. The summed E-state index contributed by atoms with van der Waals surface area (Å²) in [6.45, 7) is 1.98. The van der Waals surface area contributed by atoms with Crippen molar-refractivity contribution in [2.24, 2.45) is 0 Å². The van der Waals surface area contributed by atoms with Gasteiger partial charge in [0.25, 0.3) is 0 Å². The molecule has 0 amide bonds. The fourth-order valence-electron chi connectivity index (χ4n) is 2.31. The van der Waals surface area contributed by atoms with Gasteiger partial charge in [-0.25, -0.2) is 18.7 Å². The summed E-state index contributed by atoms with van der Waals surface area (Å²) >= 11 is 7.28. The van der Waals surface area contributed by atoms with Crippen molar-refractivity contribution in [1.29, 1.82) is 0 Å². The number of ketones is 1. The number of benzene rings is 1. The molecule has 0 atom stereocenters. The zero-order chi connectivity index (χ0) is 18.0. The number of aromatic amines is 1. The van der Waals surface area contributed by atoms with Gasteiger partial charge in [-0.05, 0) is 18.6 Å². The van der Waals surface area contributed by atoms with Crippen LogP contribution in [0.4, 0.5) is 14.5 Å². The molecule has 25 heavy (non-hydrogen) atoms. The van der Waals surface area contributed by atoms with Crippen LogP contribution in [0.25, 0.3) is 11.0 Å². The van der Waals surface area contributed by atoms with E-state index < -0.39 is 23.0 Å². The Hall–Kier alpha value is -2.19. The Labute approximate surface area is 151 Å². The molecule has 0 fully saturated rings. The predicted molar refractivity (Wildman–Crippen MR) is 95.1 cm³/mol. The number of nitrogens with zero attached hydrogens (tertiary/aromatic N) is 2. The van der Waals surface area contributed by atoms with Crippen LogP contribution in [-0.4, -0.2) is 26.5 Å². The summed E-state index contributed by atoms with van der Waals surface area (Å²) in [5, 5.41) is 0.259. The highest BCUT2D eigenvalue weighted by Crippen LogP contribution is 2.29. The van der Waals surface area contributed by atoms with Gasteiger partial charge in [0.1, 0.15) is 22.9 Å². The van der Waals surface area contributed by atoms with Crippen LogP contribution in [0.1, 0.15) is 29.3 Å². The number of hydrogen-bond acceptors (Lipinski definition) is 5. The average molecular weight is 383 g/mol. The molecule has 0 aliphatic rings. The van der Waals surface area contributed by atoms with Gasteiger partial charge in [0.05, 0.1) is 22.2 Å². The average Bonchev–Trinajstić information content (AvgIpc) is 3.02. The molecule has 3 aromatic rings. The minimum atomic E-state index is -0.948. The van der Waals surface area contributed by atoms with Gasteiger partial charge in [-0.2, -0.15) is 0 Å². The number of nitrogens with one attached hydrogen (secondary N) is 2. The highest BCUT2D eigenvalue weighted by atomic mass is 35.5. The van der Waals surface area contributed by atoms with E-state index >= 15 is 0 Å². The zero-order valence-electron chi connectivity index (χ0n) is 13.1. The molecule has 5 nitrogen and oxygen atoms in total. The van der Waals surface area contributed by atoms with E-state index in [1.807, 2.05) is 6.92 Å². The molecule has 2 aromatic heterocycles. The predicted octanol–water partition coefficient (Wildman–Crippen LogP) is 4.59. The van der Waals surface area contributed by atoms with Crippen molar-refractivity contribution in [2.75, 3.05) is 10.5 Å². The lowest BCUT2D eigenvalue weighted by Gasteiger charge is -2.10. The number of anilines is 1. The number of carbonyl (C=O) groups excluding carboxylic acids is 1. The summed E-state index contributed by atoms with van der Waals surface area (Å²) in [5.41, 5.74) is -0.276. The molecule has 0 bridgehead atoms. The number of halogens is 3. The van der Waals surface area contributed by atoms with E-state index in [1.54, 1.807) is 0 Å². The van der Waals surface area contributed by atoms with Crippen molar-refractivity contribution >= 4 is 46.1 Å². The van der Waals surface area contributed by atoms with E-state index in [-0.39, 0.29) is 21.8 Å². The number of H-pyrrole nitrogens is 1. The number of fused-ring (bicyclic) bond motifs is 1. The first kappa shape index (κ1) is 17.6. The summed E-state index contributed by atoms with van der Waals surface area (Å²) in [6.07, 6.45) is 3.44. The topological polar surface area (TPSA) is 70.7 Å². The molecule has 1 aromatic carbocycles. The van der Waals surface area contributed by atoms with Crippen LogP contribution in [-0.2, 0) is 0 Å². The van der Waals surface area contributed by atoms with Crippen LogP contribution < -0.4 is 4.72 Å². The standard InChI is InChI=1S/C16H13ClF2N4OS/c1-2-5-25-23-10-4-3-9(18)12(13(10)19)14(24)8-6-20-16-11(8)15(17)21-7-22-16/h3-4,6-7,23H,2,5H2,1H3,(H,20,21,22). The molecule has 130 valence electrons. The summed E-state index contributed by atoms with van der Waals surface area (Å²) in [6, 6.07) is 2.31. The molecule has 0 aliphatic carbocycles. The SMILES string of the molecule is CCCSNc1ccc(F)c(C(=O)c2c[nH]c3ncnc(Cl)c23)c1F. The first-order chi connectivity index (χ1) is 12.0. The Morgan fingerprint density at radius 1 is 1.36 bits per heavy atom. The van der Waals surface area contributed by atoms with E-state index in [4.69, 9.17) is 11.6 Å². The van der Waals surface area contributed by atoms with Crippen LogP contribution in [0.3, 0.4) is 0 Å². The third kappa shape index (κ3) is 3.32. The van der Waals surface area contributed by atoms with Gasteiger partial charge in [-0.15, -0.1) is 0 Å². The lowest BCUT2D eigenvalue weighted by atomic mass is 10.0. The smallest absolute Gasteiger partial charge is 0.201 e. The first-order valence-corrected chi connectivity index (χ1v) is 8.79. The fourth-order valence-corrected chi connectivity index (χ4v) is 3.16. The van der Waals surface area contributed by atoms with E-state index in [2.05, 4.69) is 19.7 Å². The van der Waals surface area contributed by atoms with E-state index in [1.165, 1.54) is 30.5 Å². The normalized spacial score (nSPS) is 11.0. The number of rotatable bonds is 6. The monoisotopic (exact) mass is 382 g/mol. The molecule has 0 aliphatic heterocycles. The van der Waals surface area contributed by atoms with Gasteiger partial charge < -0.3 is 9.71 Å². The molecular weight excluding hydrogens is 370 g/mol. The summed E-state index contributed by atoms with van der Waals surface area (Å²) in [4.78, 5) is 23.3. The maximum absolute atomic E-state index is 14.7. The Balaban J connectivity index is 2.05. The maximum atomic E-state index is 14.7. The Morgan fingerprint density at radius 2 is 2.16 bits per heavy atom. The second-order valence-corrected chi connectivity index (χ2v) is 6.41. The lowest BCUT2D eigenvalue weighted by molar-refractivity contribution is 0.103. The minimum absolute atomic E-state index is 0.0109. The molecule has 0 spiro atoms. The quantitative estimate of drug-likeness (QED) is 0.282. The third-order valence-electron chi connectivity index (χ3n) is 3.47. The van der Waals surface area contributed by atoms with Gasteiger partial charge >= 0.3 is 0 Å². The Kier molecular flexibility index (Phi) is 5.19. The molecule has 0 saturated carbocycles. The number of aromatic nitrogens is 3. The zero-order valence-corrected chi connectivity index (χ0v) is 14.6. The van der Waals surface area contributed by atoms with Gasteiger partial charge in [0.2, 0.25) is 5.78 Å². The molecule has 2 N–H and O–H groups in total. The van der Waals surface area contributed by atoms with Gasteiger partial charge in [0.15, 0.2) is 5.82 Å². The van der Waals surface area contributed by atoms with Gasteiger partial charge in [-0.3, -0.25) is 4.79 Å². The van der Waals surface area contributed by atoms with Crippen LogP contribution in [0.15, 0.2) is 24.7 Å². The second kappa shape index (κ2) is 7.37. The van der Waals surface area contributed by atoms with Crippen LogP contribution in [0, 0.1) is 11.6 Å². The van der Waals surface area contributed by atoms with Crippen molar-refractivity contribution in [1.82, 2.24) is 15.0 Å². The van der Waals surface area contributed by atoms with E-state index in [0.29, 0.717) is 5.65 Å². The summed E-state index contributed by atoms with van der Waals surface area (Å²) < 4.78 is 31.7. The minimum Gasteiger partial charge on any atom is -0.345 e. The van der Waals surface area contributed by atoms with Crippen LogP contribution in [0.5, 0.6) is 0 Å². The van der Waals surface area contributed by atoms with Crippen molar-refractivity contribution in [3.8, 4) is 0 Å². The molecule has 2 heterocycles. The van der Waals surface area contributed by atoms with Gasteiger partial charge in [0, 0.05) is 11.9 Å². The Morgan fingerprint density at radius 3 is 2.92 bits per heavy atom. The van der Waals surface area contributed by atoms with Crippen LogP contribution in [0.2, 0.25) is 5.15 Å². The summed E-state index contributed by atoms with van der Waals surface area (Å²) in [5.74, 6) is -1.98. The fraction of sp³-hybridized carbons (Fsp3) is 0.188. The molecule has 0 saturated heterocycles. The number of hydrogen-bond donors (Lipinski definition) is 2. The van der Waals surface area contributed by atoms with Crippen molar-refractivity contribution < 1.29 is 13.6 Å². The molecular formula is C16H13ClF2N4OS. The molecule has 9 heteroatoms. The lowest BCUT2D eigenvalue weighted by Crippen LogP contribution is -2.09. The van der Waals surface area contributed by atoms with Crippen molar-refractivity contribution in [2.45, 2.75) is 13.3 Å². The Bertz CT molecular complexity index is 947. The highest BCUT2D eigenvalue weighted by molar-refractivity contribution is 8.00. The summed E-state index contributed by atoms with van der Waals surface area (Å²) in [7, 11) is 0. The van der Waals surface area contributed by atoms with Crippen LogP contribution >= 0.6 is 23.5 Å².